The number of piperidine rings is 1. The fraction of sp³-hybridized carbons (Fsp3) is 0.857. The number of nitrogens with two attached hydrogens (primary N) is 1. The summed E-state index contributed by atoms with van der Waals surface area (Å²) in [6, 6.07) is 0. The number of carbonyl (C=O) groups excluding carboxylic acids is 1. The zero-order valence-electron chi connectivity index (χ0n) is 12.3. The summed E-state index contributed by atoms with van der Waals surface area (Å²) in [6.07, 6.45) is 4.23. The molecule has 20 heavy (non-hydrogen) atoms. The Morgan fingerprint density at radius 2 is 2.10 bits per heavy atom. The number of carbonyl (C=O) groups is 1. The Morgan fingerprint density at radius 1 is 1.45 bits per heavy atom. The zero-order chi connectivity index (χ0) is 14.8. The molecule has 0 spiro atoms. The number of oxime groups is 1. The highest BCUT2D eigenvalue weighted by atomic mass is 16.5. The first kappa shape index (κ1) is 15.1. The second-order valence-corrected chi connectivity index (χ2v) is 6.07. The van der Waals surface area contributed by atoms with E-state index in [1.54, 1.807) is 7.11 Å². The fourth-order valence-corrected chi connectivity index (χ4v) is 3.48. The first-order valence-electron chi connectivity index (χ1n) is 7.35. The van der Waals surface area contributed by atoms with Gasteiger partial charge in [-0.2, -0.15) is 0 Å². The molecule has 114 valence electrons. The lowest BCUT2D eigenvalue weighted by Crippen LogP contribution is -2.55. The van der Waals surface area contributed by atoms with Crippen molar-refractivity contribution >= 4 is 11.7 Å². The van der Waals surface area contributed by atoms with Gasteiger partial charge in [-0.05, 0) is 25.2 Å². The molecule has 1 heterocycles. The van der Waals surface area contributed by atoms with Gasteiger partial charge in [-0.15, -0.1) is 0 Å². The van der Waals surface area contributed by atoms with Gasteiger partial charge in [0.25, 0.3) is 0 Å². The van der Waals surface area contributed by atoms with Gasteiger partial charge in [-0.3, -0.25) is 4.79 Å². The van der Waals surface area contributed by atoms with E-state index in [1.165, 1.54) is 0 Å². The smallest absolute Gasteiger partial charge is 0.236 e. The Hall–Kier alpha value is -1.30. The molecule has 3 N–H and O–H groups in total. The first-order chi connectivity index (χ1) is 9.55. The summed E-state index contributed by atoms with van der Waals surface area (Å²) in [7, 11) is 1.68. The van der Waals surface area contributed by atoms with E-state index in [0.717, 1.165) is 25.8 Å². The molecular formula is C14H25N3O3. The van der Waals surface area contributed by atoms with Gasteiger partial charge in [0.1, 0.15) is 5.41 Å². The maximum absolute atomic E-state index is 12.9. The molecule has 1 saturated heterocycles. The summed E-state index contributed by atoms with van der Waals surface area (Å²) in [4.78, 5) is 14.7. The lowest BCUT2D eigenvalue weighted by Gasteiger charge is -2.40. The summed E-state index contributed by atoms with van der Waals surface area (Å²) in [5.41, 5.74) is 5.04. The van der Waals surface area contributed by atoms with Crippen molar-refractivity contribution < 1.29 is 14.7 Å². The minimum absolute atomic E-state index is 0.000694. The molecule has 0 radical (unpaired) electrons. The molecule has 2 fully saturated rings. The van der Waals surface area contributed by atoms with Crippen molar-refractivity contribution in [2.24, 2.45) is 22.2 Å². The third kappa shape index (κ3) is 2.49. The van der Waals surface area contributed by atoms with Crippen molar-refractivity contribution in [1.29, 1.82) is 0 Å². The van der Waals surface area contributed by atoms with Crippen molar-refractivity contribution in [3.63, 3.8) is 0 Å². The van der Waals surface area contributed by atoms with Crippen LogP contribution in [0.15, 0.2) is 5.16 Å². The lowest BCUT2D eigenvalue weighted by molar-refractivity contribution is -0.143. The molecule has 1 amide bonds. The van der Waals surface area contributed by atoms with Gasteiger partial charge in [0.05, 0.1) is 6.10 Å². The van der Waals surface area contributed by atoms with Crippen molar-refractivity contribution in [3.05, 3.63) is 0 Å². The lowest BCUT2D eigenvalue weighted by atomic mass is 9.82. The molecule has 0 aromatic carbocycles. The van der Waals surface area contributed by atoms with Crippen LogP contribution >= 0.6 is 0 Å². The van der Waals surface area contributed by atoms with Gasteiger partial charge < -0.3 is 20.6 Å². The van der Waals surface area contributed by atoms with E-state index in [4.69, 9.17) is 15.7 Å². The van der Waals surface area contributed by atoms with Crippen LogP contribution in [0.2, 0.25) is 0 Å². The third-order valence-electron chi connectivity index (χ3n) is 4.94. The van der Waals surface area contributed by atoms with Gasteiger partial charge in [0.2, 0.25) is 5.91 Å². The average molecular weight is 283 g/mol. The van der Waals surface area contributed by atoms with E-state index in [2.05, 4.69) is 12.1 Å². The van der Waals surface area contributed by atoms with E-state index in [0.29, 0.717) is 25.3 Å². The van der Waals surface area contributed by atoms with Crippen LogP contribution in [-0.4, -0.2) is 48.2 Å². The molecule has 0 bridgehead atoms. The monoisotopic (exact) mass is 283 g/mol. The van der Waals surface area contributed by atoms with Gasteiger partial charge in [0.15, 0.2) is 5.84 Å². The molecule has 1 saturated carbocycles. The van der Waals surface area contributed by atoms with Crippen LogP contribution in [0.25, 0.3) is 0 Å². The zero-order valence-corrected chi connectivity index (χ0v) is 12.3. The SMILES string of the molecule is COC1CN(C(=O)C2(C(N)=NO)CCCC2)CCC1C. The van der Waals surface area contributed by atoms with E-state index in [9.17, 15) is 4.79 Å². The van der Waals surface area contributed by atoms with Crippen LogP contribution in [0.3, 0.4) is 0 Å². The molecule has 6 heteroatoms. The molecule has 2 atom stereocenters. The average Bonchev–Trinajstić information content (AvgIpc) is 2.97. The van der Waals surface area contributed by atoms with Crippen LogP contribution in [0.4, 0.5) is 0 Å². The van der Waals surface area contributed by atoms with E-state index in [1.807, 2.05) is 4.90 Å². The number of nitrogens with zero attached hydrogens (tertiary/aromatic N) is 2. The van der Waals surface area contributed by atoms with Crippen LogP contribution < -0.4 is 5.73 Å². The number of ether oxygens (including phenoxy) is 1. The van der Waals surface area contributed by atoms with Gasteiger partial charge in [-0.25, -0.2) is 0 Å². The molecule has 1 aliphatic carbocycles. The van der Waals surface area contributed by atoms with Crippen LogP contribution in [0, 0.1) is 11.3 Å². The van der Waals surface area contributed by atoms with Crippen LogP contribution in [0.1, 0.15) is 39.0 Å². The summed E-state index contributed by atoms with van der Waals surface area (Å²) >= 11 is 0. The van der Waals surface area contributed by atoms with E-state index in [-0.39, 0.29) is 17.8 Å². The maximum Gasteiger partial charge on any atom is 0.236 e. The minimum atomic E-state index is -0.798. The molecule has 2 rings (SSSR count). The largest absolute Gasteiger partial charge is 0.409 e. The Morgan fingerprint density at radius 3 is 2.65 bits per heavy atom. The van der Waals surface area contributed by atoms with Gasteiger partial charge >= 0.3 is 0 Å². The summed E-state index contributed by atoms with van der Waals surface area (Å²) < 4.78 is 5.46. The Kier molecular flexibility index (Phi) is 4.52. The molecule has 1 aliphatic heterocycles. The second kappa shape index (κ2) is 5.99. The highest BCUT2D eigenvalue weighted by molar-refractivity contribution is 6.07. The number of likely N-dealkylation sites (tertiary alicyclic amines) is 1. The third-order valence-corrected chi connectivity index (χ3v) is 4.94. The fourth-order valence-electron chi connectivity index (χ4n) is 3.48. The Labute approximate surface area is 119 Å². The van der Waals surface area contributed by atoms with Crippen molar-refractivity contribution in [1.82, 2.24) is 4.90 Å². The topological polar surface area (TPSA) is 88.2 Å². The Balaban J connectivity index is 2.17. The highest BCUT2D eigenvalue weighted by Crippen LogP contribution is 2.40. The molecule has 0 aromatic heterocycles. The molecule has 0 aromatic rings. The van der Waals surface area contributed by atoms with Crippen molar-refractivity contribution in [2.75, 3.05) is 20.2 Å². The number of hydrogen-bond donors (Lipinski definition) is 2. The summed E-state index contributed by atoms with van der Waals surface area (Å²) in [5, 5.41) is 12.1. The standard InChI is InChI=1S/C14H25N3O3/c1-10-5-8-17(9-11(10)20-2)13(18)14(12(15)16-19)6-3-4-7-14/h10-11,19H,3-9H2,1-2H3,(H2,15,16). The van der Waals surface area contributed by atoms with Crippen molar-refractivity contribution in [2.45, 2.75) is 45.1 Å². The quantitative estimate of drug-likeness (QED) is 0.352. The first-order valence-corrected chi connectivity index (χ1v) is 7.35. The molecule has 6 nitrogen and oxygen atoms in total. The number of amides is 1. The molecular weight excluding hydrogens is 258 g/mol. The highest BCUT2D eigenvalue weighted by Gasteiger charge is 2.48. The number of methoxy groups -OCH3 is 1. The number of amidine groups is 1. The van der Waals surface area contributed by atoms with Crippen molar-refractivity contribution in [3.8, 4) is 0 Å². The van der Waals surface area contributed by atoms with E-state index < -0.39 is 5.41 Å². The van der Waals surface area contributed by atoms with Gasteiger partial charge in [0, 0.05) is 20.2 Å². The summed E-state index contributed by atoms with van der Waals surface area (Å²) in [6.45, 7) is 3.46. The maximum atomic E-state index is 12.9. The predicted octanol–water partition coefficient (Wildman–Crippen LogP) is 1.18. The predicted molar refractivity (Wildman–Crippen MR) is 75.5 cm³/mol. The van der Waals surface area contributed by atoms with Crippen LogP contribution in [-0.2, 0) is 9.53 Å². The van der Waals surface area contributed by atoms with Crippen LogP contribution in [0.5, 0.6) is 0 Å². The normalized spacial score (nSPS) is 30.5. The summed E-state index contributed by atoms with van der Waals surface area (Å²) in [5.74, 6) is 0.513. The number of hydrogen-bond acceptors (Lipinski definition) is 4. The van der Waals surface area contributed by atoms with Gasteiger partial charge in [-0.1, -0.05) is 24.9 Å². The Bertz CT molecular complexity index is 391. The second-order valence-electron chi connectivity index (χ2n) is 6.07. The molecule has 2 aliphatic rings. The molecule has 2 unspecified atom stereocenters. The number of rotatable bonds is 3. The minimum Gasteiger partial charge on any atom is -0.409 e. The van der Waals surface area contributed by atoms with E-state index >= 15 is 0 Å².